The lowest BCUT2D eigenvalue weighted by Gasteiger charge is -2.58. The number of hydrogen-bond acceptors (Lipinski definition) is 2. The van der Waals surface area contributed by atoms with Gasteiger partial charge in [-0.2, -0.15) is 0 Å². The van der Waals surface area contributed by atoms with Crippen LogP contribution in [-0.4, -0.2) is 22.9 Å². The van der Waals surface area contributed by atoms with E-state index in [1.165, 1.54) is 57.8 Å². The highest BCUT2D eigenvalue weighted by molar-refractivity contribution is 5.25. The van der Waals surface area contributed by atoms with Crippen LogP contribution in [0.25, 0.3) is 0 Å². The minimum absolute atomic E-state index is 0. The standard InChI is InChI=1S/C27H46O2.2C2H6.3H2/c1-18(17-28)6-5-7-19(2)23-10-11-24-22-9-8-20-16-21(29)12-14-26(20,3)25(22)13-15-27(23,24)4;2*1-2;;;/h8,18-19,21-25,28-29H,5-7,9-17H2,1-4H3;2*1-2H3;3*1H/t18-,19+,21-,22-,23?,24?,25?,26-,27+;;;;;/m0...../s1. The van der Waals surface area contributed by atoms with E-state index in [-0.39, 0.29) is 10.4 Å². The van der Waals surface area contributed by atoms with Crippen molar-refractivity contribution in [3.05, 3.63) is 11.6 Å². The molecule has 2 nitrogen and oxygen atoms in total. The third-order valence-electron chi connectivity index (χ3n) is 10.5. The first kappa shape index (κ1) is 28.9. The quantitative estimate of drug-likeness (QED) is 0.381. The maximum atomic E-state index is 10.2. The zero-order chi connectivity index (χ0) is 24.8. The highest BCUT2D eigenvalue weighted by Crippen LogP contribution is 2.67. The molecular weight excluding hydrogens is 404 g/mol. The predicted octanol–water partition coefficient (Wildman–Crippen LogP) is 9.15. The highest BCUT2D eigenvalue weighted by atomic mass is 16.3. The molecule has 0 amide bonds. The van der Waals surface area contributed by atoms with Crippen LogP contribution in [0.1, 0.15) is 130 Å². The Morgan fingerprint density at radius 3 is 2.33 bits per heavy atom. The molecule has 4 rings (SSSR count). The van der Waals surface area contributed by atoms with E-state index in [4.69, 9.17) is 0 Å². The first-order chi connectivity index (χ1) is 15.8. The van der Waals surface area contributed by atoms with Crippen LogP contribution < -0.4 is 0 Å². The fraction of sp³-hybridized carbons (Fsp3) is 0.935. The minimum Gasteiger partial charge on any atom is -0.396 e. The second kappa shape index (κ2) is 12.6. The molecule has 0 aromatic rings. The number of rotatable bonds is 6. The monoisotopic (exact) mass is 468 g/mol. The van der Waals surface area contributed by atoms with Crippen molar-refractivity contribution < 1.29 is 14.5 Å². The van der Waals surface area contributed by atoms with Crippen LogP contribution >= 0.6 is 0 Å². The minimum atomic E-state index is -0.0926. The van der Waals surface area contributed by atoms with Crippen LogP contribution in [-0.2, 0) is 0 Å². The maximum absolute atomic E-state index is 10.2. The summed E-state index contributed by atoms with van der Waals surface area (Å²) < 4.78 is 0. The molecule has 2 heteroatoms. The smallest absolute Gasteiger partial charge is 0.0577 e. The van der Waals surface area contributed by atoms with Gasteiger partial charge in [-0.05, 0) is 104 Å². The molecule has 3 unspecified atom stereocenters. The van der Waals surface area contributed by atoms with Gasteiger partial charge >= 0.3 is 0 Å². The van der Waals surface area contributed by atoms with Gasteiger partial charge in [-0.25, -0.2) is 0 Å². The first-order valence-electron chi connectivity index (χ1n) is 14.8. The van der Waals surface area contributed by atoms with Crippen LogP contribution in [0.5, 0.6) is 0 Å². The lowest BCUT2D eigenvalue weighted by atomic mass is 9.47. The van der Waals surface area contributed by atoms with E-state index in [9.17, 15) is 10.2 Å². The largest absolute Gasteiger partial charge is 0.396 e. The number of aliphatic hydroxyl groups excluding tert-OH is 2. The summed E-state index contributed by atoms with van der Waals surface area (Å²) in [7, 11) is 0. The van der Waals surface area contributed by atoms with E-state index in [2.05, 4.69) is 33.8 Å². The molecule has 0 bridgehead atoms. The van der Waals surface area contributed by atoms with Gasteiger partial charge in [-0.3, -0.25) is 0 Å². The Hall–Kier alpha value is -0.340. The van der Waals surface area contributed by atoms with Crippen molar-refractivity contribution >= 4 is 0 Å². The van der Waals surface area contributed by atoms with E-state index in [0.29, 0.717) is 23.4 Å². The Labute approximate surface area is 211 Å². The maximum Gasteiger partial charge on any atom is 0.0577 e. The third-order valence-corrected chi connectivity index (χ3v) is 10.5. The number of hydrogen-bond donors (Lipinski definition) is 2. The van der Waals surface area contributed by atoms with Crippen LogP contribution in [0.2, 0.25) is 0 Å². The van der Waals surface area contributed by atoms with Crippen molar-refractivity contribution in [2.45, 2.75) is 132 Å². The Morgan fingerprint density at radius 1 is 0.970 bits per heavy atom. The van der Waals surface area contributed by atoms with Gasteiger partial charge < -0.3 is 10.2 Å². The molecule has 3 fully saturated rings. The average Bonchev–Trinajstić information content (AvgIpc) is 3.19. The molecule has 0 heterocycles. The van der Waals surface area contributed by atoms with E-state index < -0.39 is 0 Å². The van der Waals surface area contributed by atoms with Gasteiger partial charge in [0.1, 0.15) is 0 Å². The van der Waals surface area contributed by atoms with Crippen molar-refractivity contribution in [1.82, 2.24) is 0 Å². The van der Waals surface area contributed by atoms with Crippen LogP contribution in [0.15, 0.2) is 11.6 Å². The molecule has 0 radical (unpaired) electrons. The van der Waals surface area contributed by atoms with Gasteiger partial charge in [0, 0.05) is 10.9 Å². The number of aliphatic hydroxyl groups is 2. The van der Waals surface area contributed by atoms with E-state index in [1.54, 1.807) is 5.57 Å². The van der Waals surface area contributed by atoms with Gasteiger partial charge in [0.15, 0.2) is 0 Å². The van der Waals surface area contributed by atoms with E-state index in [0.717, 1.165) is 42.4 Å². The van der Waals surface area contributed by atoms with Crippen LogP contribution in [0.3, 0.4) is 0 Å². The Kier molecular flexibility index (Phi) is 11.0. The van der Waals surface area contributed by atoms with E-state index in [1.807, 2.05) is 27.7 Å². The Morgan fingerprint density at radius 2 is 1.67 bits per heavy atom. The predicted molar refractivity (Wildman–Crippen MR) is 150 cm³/mol. The molecule has 0 aromatic heterocycles. The normalized spacial score (nSPS) is 41.0. The Bertz CT molecular complexity index is 627. The summed E-state index contributed by atoms with van der Waals surface area (Å²) in [5.41, 5.74) is 2.51. The van der Waals surface area contributed by atoms with E-state index >= 15 is 0 Å². The van der Waals surface area contributed by atoms with Crippen LogP contribution in [0.4, 0.5) is 0 Å². The molecule has 4 aliphatic carbocycles. The summed E-state index contributed by atoms with van der Waals surface area (Å²) in [4.78, 5) is 0. The first-order valence-corrected chi connectivity index (χ1v) is 14.8. The van der Waals surface area contributed by atoms with Gasteiger partial charge in [0.05, 0.1) is 6.10 Å². The molecule has 33 heavy (non-hydrogen) atoms. The van der Waals surface area contributed by atoms with Crippen molar-refractivity contribution in [2.24, 2.45) is 46.3 Å². The topological polar surface area (TPSA) is 40.5 Å². The van der Waals surface area contributed by atoms with Gasteiger partial charge in [0.25, 0.3) is 0 Å². The second-order valence-corrected chi connectivity index (χ2v) is 12.1. The molecule has 9 atom stereocenters. The zero-order valence-electron chi connectivity index (χ0n) is 23.5. The van der Waals surface area contributed by atoms with Gasteiger partial charge in [-0.1, -0.05) is 79.9 Å². The van der Waals surface area contributed by atoms with Crippen LogP contribution in [0, 0.1) is 46.3 Å². The summed E-state index contributed by atoms with van der Waals surface area (Å²) >= 11 is 0. The number of fused-ring (bicyclic) bond motifs is 5. The van der Waals surface area contributed by atoms with Crippen molar-refractivity contribution in [3.63, 3.8) is 0 Å². The lowest BCUT2D eigenvalue weighted by Crippen LogP contribution is -2.50. The molecule has 0 aliphatic heterocycles. The van der Waals surface area contributed by atoms with Gasteiger partial charge in [-0.15, -0.1) is 0 Å². The Balaban J connectivity index is 0. The van der Waals surface area contributed by atoms with Crippen molar-refractivity contribution in [3.8, 4) is 0 Å². The summed E-state index contributed by atoms with van der Waals surface area (Å²) in [6, 6.07) is 0. The summed E-state index contributed by atoms with van der Waals surface area (Å²) in [6.07, 6.45) is 16.4. The number of allylic oxidation sites excluding steroid dienone is 1. The fourth-order valence-electron chi connectivity index (χ4n) is 8.70. The lowest BCUT2D eigenvalue weighted by molar-refractivity contribution is -0.0573. The third kappa shape index (κ3) is 5.74. The zero-order valence-corrected chi connectivity index (χ0v) is 23.5. The molecule has 0 aromatic carbocycles. The molecule has 200 valence electrons. The second-order valence-electron chi connectivity index (χ2n) is 12.1. The summed E-state index contributed by atoms with van der Waals surface area (Å²) in [5, 5.41) is 19.5. The fourth-order valence-corrected chi connectivity index (χ4v) is 8.70. The van der Waals surface area contributed by atoms with Crippen molar-refractivity contribution in [1.29, 1.82) is 0 Å². The van der Waals surface area contributed by atoms with Crippen molar-refractivity contribution in [2.75, 3.05) is 6.61 Å². The molecular formula is C31H64O2. The highest BCUT2D eigenvalue weighted by Gasteiger charge is 2.59. The SMILES string of the molecule is CC.CC.C[C@H](CO)CCC[C@@H](C)C1CCC2[C@@H]3CC=C4C[C@@H](O)CC[C@]4(C)C3CC[C@@]21C.[HH].[HH].[HH]. The average molecular weight is 469 g/mol. The summed E-state index contributed by atoms with van der Waals surface area (Å²) in [6.45, 7) is 18.2. The molecule has 4 aliphatic rings. The molecule has 0 saturated heterocycles. The summed E-state index contributed by atoms with van der Waals surface area (Å²) in [5.74, 6) is 4.82. The van der Waals surface area contributed by atoms with Gasteiger partial charge in [0.2, 0.25) is 0 Å². The molecule has 3 saturated carbocycles. The molecule has 0 spiro atoms. The molecule has 2 N–H and O–H groups in total.